The molecule has 0 saturated carbocycles. The predicted octanol–water partition coefficient (Wildman–Crippen LogP) is 2.15. The van der Waals surface area contributed by atoms with Crippen LogP contribution in [0.2, 0.25) is 6.55 Å². The standard InChI is InChI=1S/C7H17ClO2Si/c1-6(2)7(8)11(5,9-3)10-4/h6-7H,1-5H3. The van der Waals surface area contributed by atoms with Gasteiger partial charge in [-0.2, -0.15) is 0 Å². The van der Waals surface area contributed by atoms with E-state index in [9.17, 15) is 0 Å². The number of alkyl halides is 1. The lowest BCUT2D eigenvalue weighted by Gasteiger charge is -2.29. The van der Waals surface area contributed by atoms with E-state index in [-0.39, 0.29) is 5.00 Å². The van der Waals surface area contributed by atoms with Gasteiger partial charge in [0.15, 0.2) is 0 Å². The molecule has 11 heavy (non-hydrogen) atoms. The Kier molecular flexibility index (Phi) is 4.62. The summed E-state index contributed by atoms with van der Waals surface area (Å²) >= 11 is 6.13. The van der Waals surface area contributed by atoms with Crippen LogP contribution in [0, 0.1) is 5.92 Å². The average molecular weight is 197 g/mol. The monoisotopic (exact) mass is 196 g/mol. The highest BCUT2D eigenvalue weighted by Crippen LogP contribution is 2.22. The Morgan fingerprint density at radius 2 is 1.55 bits per heavy atom. The van der Waals surface area contributed by atoms with Crippen molar-refractivity contribution in [2.75, 3.05) is 14.2 Å². The maximum absolute atomic E-state index is 6.13. The lowest BCUT2D eigenvalue weighted by molar-refractivity contribution is 0.240. The molecule has 0 aromatic rings. The molecule has 1 atom stereocenters. The minimum absolute atomic E-state index is 0.0116. The molecule has 0 heterocycles. The Morgan fingerprint density at radius 3 is 1.64 bits per heavy atom. The van der Waals surface area contributed by atoms with E-state index in [1.165, 1.54) is 0 Å². The highest BCUT2D eigenvalue weighted by atomic mass is 35.5. The molecule has 0 aromatic carbocycles. The van der Waals surface area contributed by atoms with Gasteiger partial charge >= 0.3 is 8.56 Å². The molecular formula is C7H17ClO2Si. The SMILES string of the molecule is CO[Si](C)(OC)C(Cl)C(C)C. The van der Waals surface area contributed by atoms with Crippen LogP contribution < -0.4 is 0 Å². The molecule has 0 fully saturated rings. The molecule has 2 nitrogen and oxygen atoms in total. The summed E-state index contributed by atoms with van der Waals surface area (Å²) in [6.07, 6.45) is 0. The molecule has 0 bridgehead atoms. The first-order chi connectivity index (χ1) is 4.98. The summed E-state index contributed by atoms with van der Waals surface area (Å²) in [5, 5.41) is 0.0116. The van der Waals surface area contributed by atoms with Crippen molar-refractivity contribution >= 4 is 20.2 Å². The highest BCUT2D eigenvalue weighted by Gasteiger charge is 2.39. The Hall–Kier alpha value is 0.427. The van der Waals surface area contributed by atoms with Crippen LogP contribution in [0.4, 0.5) is 0 Å². The first kappa shape index (κ1) is 11.4. The molecule has 0 N–H and O–H groups in total. The van der Waals surface area contributed by atoms with Crippen molar-refractivity contribution in [3.63, 3.8) is 0 Å². The molecule has 0 saturated heterocycles. The third kappa shape index (κ3) is 2.74. The van der Waals surface area contributed by atoms with Gasteiger partial charge in [-0.1, -0.05) is 13.8 Å². The third-order valence-corrected chi connectivity index (χ3v) is 6.88. The van der Waals surface area contributed by atoms with E-state index >= 15 is 0 Å². The summed E-state index contributed by atoms with van der Waals surface area (Å²) in [6.45, 7) is 6.12. The van der Waals surface area contributed by atoms with Crippen LogP contribution >= 0.6 is 11.6 Å². The average Bonchev–Trinajstić information content (AvgIpc) is 2.01. The Bertz CT molecular complexity index is 115. The van der Waals surface area contributed by atoms with Crippen LogP contribution in [-0.4, -0.2) is 27.8 Å². The number of rotatable bonds is 4. The van der Waals surface area contributed by atoms with Gasteiger partial charge in [0, 0.05) is 14.2 Å². The molecule has 0 spiro atoms. The maximum Gasteiger partial charge on any atom is 0.353 e. The summed E-state index contributed by atoms with van der Waals surface area (Å²) in [5.74, 6) is 0.397. The largest absolute Gasteiger partial charge is 0.397 e. The van der Waals surface area contributed by atoms with E-state index in [2.05, 4.69) is 13.8 Å². The Morgan fingerprint density at radius 1 is 1.18 bits per heavy atom. The van der Waals surface area contributed by atoms with Crippen LogP contribution in [0.1, 0.15) is 13.8 Å². The molecule has 68 valence electrons. The molecule has 0 rings (SSSR count). The van der Waals surface area contributed by atoms with Crippen molar-refractivity contribution in [3.8, 4) is 0 Å². The number of halogens is 1. The second-order valence-electron chi connectivity index (χ2n) is 3.07. The fraction of sp³-hybridized carbons (Fsp3) is 1.00. The van der Waals surface area contributed by atoms with Crippen LogP contribution in [0.25, 0.3) is 0 Å². The van der Waals surface area contributed by atoms with E-state index in [1.54, 1.807) is 14.2 Å². The molecule has 0 radical (unpaired) electrons. The van der Waals surface area contributed by atoms with E-state index in [4.69, 9.17) is 20.5 Å². The lowest BCUT2D eigenvalue weighted by Crippen LogP contribution is -2.48. The molecule has 0 aromatic heterocycles. The van der Waals surface area contributed by atoms with Crippen LogP contribution in [0.5, 0.6) is 0 Å². The van der Waals surface area contributed by atoms with E-state index in [0.29, 0.717) is 5.92 Å². The van der Waals surface area contributed by atoms with Gasteiger partial charge in [-0.25, -0.2) is 0 Å². The van der Waals surface area contributed by atoms with Gasteiger partial charge < -0.3 is 8.85 Å². The smallest absolute Gasteiger partial charge is 0.353 e. The molecular weight excluding hydrogens is 180 g/mol. The zero-order chi connectivity index (χ0) is 9.07. The molecule has 1 unspecified atom stereocenters. The van der Waals surface area contributed by atoms with Crippen LogP contribution in [0.15, 0.2) is 0 Å². The molecule has 0 amide bonds. The molecule has 0 aliphatic rings. The van der Waals surface area contributed by atoms with Crippen molar-refractivity contribution in [1.29, 1.82) is 0 Å². The van der Waals surface area contributed by atoms with Gasteiger partial charge in [0.05, 0.1) is 5.00 Å². The predicted molar refractivity (Wildman–Crippen MR) is 50.1 cm³/mol. The number of hydrogen-bond donors (Lipinski definition) is 0. The lowest BCUT2D eigenvalue weighted by atomic mass is 10.3. The quantitative estimate of drug-likeness (QED) is 0.507. The molecule has 0 aliphatic heterocycles. The second-order valence-corrected chi connectivity index (χ2v) is 7.38. The van der Waals surface area contributed by atoms with Gasteiger partial charge in [-0.15, -0.1) is 11.6 Å². The normalized spacial score (nSPS) is 15.5. The van der Waals surface area contributed by atoms with Crippen molar-refractivity contribution < 1.29 is 8.85 Å². The first-order valence-electron chi connectivity index (χ1n) is 3.72. The third-order valence-electron chi connectivity index (χ3n) is 1.90. The van der Waals surface area contributed by atoms with Gasteiger partial charge in [-0.3, -0.25) is 0 Å². The first-order valence-corrected chi connectivity index (χ1v) is 6.55. The van der Waals surface area contributed by atoms with Gasteiger partial charge in [0.1, 0.15) is 0 Å². The van der Waals surface area contributed by atoms with E-state index < -0.39 is 8.56 Å². The summed E-state index contributed by atoms with van der Waals surface area (Å²) in [7, 11) is 1.22. The van der Waals surface area contributed by atoms with Gasteiger partial charge in [-0.05, 0) is 12.5 Å². The summed E-state index contributed by atoms with van der Waals surface area (Å²) in [4.78, 5) is 0. The minimum Gasteiger partial charge on any atom is -0.397 e. The van der Waals surface area contributed by atoms with Crippen molar-refractivity contribution in [3.05, 3.63) is 0 Å². The zero-order valence-electron chi connectivity index (χ0n) is 7.85. The van der Waals surface area contributed by atoms with Crippen LogP contribution in [0.3, 0.4) is 0 Å². The topological polar surface area (TPSA) is 18.5 Å². The molecule has 0 aliphatic carbocycles. The van der Waals surface area contributed by atoms with Crippen molar-refractivity contribution in [2.24, 2.45) is 5.92 Å². The minimum atomic E-state index is -2.10. The van der Waals surface area contributed by atoms with Gasteiger partial charge in [0.2, 0.25) is 0 Å². The fourth-order valence-electron chi connectivity index (χ4n) is 0.914. The second kappa shape index (κ2) is 4.45. The summed E-state index contributed by atoms with van der Waals surface area (Å²) in [6, 6.07) is 0. The number of hydrogen-bond acceptors (Lipinski definition) is 2. The van der Waals surface area contributed by atoms with Crippen molar-refractivity contribution in [1.82, 2.24) is 0 Å². The van der Waals surface area contributed by atoms with Gasteiger partial charge in [0.25, 0.3) is 0 Å². The molecule has 4 heteroatoms. The summed E-state index contributed by atoms with van der Waals surface area (Å²) < 4.78 is 10.6. The van der Waals surface area contributed by atoms with E-state index in [1.807, 2.05) is 6.55 Å². The zero-order valence-corrected chi connectivity index (χ0v) is 9.61. The summed E-state index contributed by atoms with van der Waals surface area (Å²) in [5.41, 5.74) is 0. The van der Waals surface area contributed by atoms with Crippen molar-refractivity contribution in [2.45, 2.75) is 25.4 Å². The highest BCUT2D eigenvalue weighted by molar-refractivity contribution is 6.75. The van der Waals surface area contributed by atoms with E-state index in [0.717, 1.165) is 0 Å². The Balaban J connectivity index is 4.24. The fourth-order valence-corrected chi connectivity index (χ4v) is 3.28. The van der Waals surface area contributed by atoms with Crippen LogP contribution in [-0.2, 0) is 8.85 Å². The maximum atomic E-state index is 6.13. The Labute approximate surface area is 75.1 Å².